The number of benzene rings is 1. The summed E-state index contributed by atoms with van der Waals surface area (Å²) in [5, 5.41) is 2.91. The number of piperidine rings is 1. The van der Waals surface area contributed by atoms with Crippen LogP contribution in [0.15, 0.2) is 48.7 Å². The maximum Gasteiger partial charge on any atom is 0.317 e. The number of pyridine rings is 1. The smallest absolute Gasteiger partial charge is 0.317 e. The standard InChI is InChI=1S/C22H26N4O2/c1-3-23-22(27)25-12-7-9-17(15-25)21-24-20(19-11-4-5-13-26(19)21)16-8-6-10-18(14-16)28-2/h4-6,8,10-11,13-14,17H,3,7,9,12,15H2,1-2H3,(H,23,27). The number of rotatable bonds is 4. The Hall–Kier alpha value is -3.02. The van der Waals surface area contributed by atoms with Crippen LogP contribution in [0.2, 0.25) is 0 Å². The molecule has 2 amide bonds. The number of aromatic nitrogens is 2. The quantitative estimate of drug-likeness (QED) is 0.749. The summed E-state index contributed by atoms with van der Waals surface area (Å²) in [4.78, 5) is 19.3. The number of nitrogens with zero attached hydrogens (tertiary/aromatic N) is 3. The minimum Gasteiger partial charge on any atom is -0.497 e. The van der Waals surface area contributed by atoms with Gasteiger partial charge in [0.1, 0.15) is 11.6 Å². The predicted molar refractivity (Wildman–Crippen MR) is 110 cm³/mol. The number of carbonyl (C=O) groups is 1. The van der Waals surface area contributed by atoms with E-state index in [4.69, 9.17) is 9.72 Å². The lowest BCUT2D eigenvalue weighted by molar-refractivity contribution is 0.179. The van der Waals surface area contributed by atoms with Gasteiger partial charge in [0.2, 0.25) is 0 Å². The molecule has 0 saturated carbocycles. The van der Waals surface area contributed by atoms with Gasteiger partial charge >= 0.3 is 6.03 Å². The van der Waals surface area contributed by atoms with E-state index in [0.29, 0.717) is 13.1 Å². The summed E-state index contributed by atoms with van der Waals surface area (Å²) < 4.78 is 7.56. The topological polar surface area (TPSA) is 58.9 Å². The highest BCUT2D eigenvalue weighted by Gasteiger charge is 2.28. The molecule has 3 heterocycles. The first-order valence-corrected chi connectivity index (χ1v) is 9.85. The molecule has 0 spiro atoms. The zero-order valence-electron chi connectivity index (χ0n) is 16.4. The van der Waals surface area contributed by atoms with Crippen LogP contribution >= 0.6 is 0 Å². The molecule has 1 aliphatic rings. The van der Waals surface area contributed by atoms with Crippen molar-refractivity contribution >= 4 is 11.5 Å². The van der Waals surface area contributed by atoms with E-state index >= 15 is 0 Å². The van der Waals surface area contributed by atoms with Gasteiger partial charge in [-0.15, -0.1) is 0 Å². The van der Waals surface area contributed by atoms with Crippen LogP contribution in [0, 0.1) is 0 Å². The fourth-order valence-corrected chi connectivity index (χ4v) is 3.97. The number of likely N-dealkylation sites (tertiary alicyclic amines) is 1. The number of amides is 2. The molecule has 146 valence electrons. The first-order chi connectivity index (χ1) is 13.7. The molecule has 6 nitrogen and oxygen atoms in total. The number of nitrogens with one attached hydrogen (secondary N) is 1. The molecule has 3 aromatic rings. The average Bonchev–Trinajstić information content (AvgIpc) is 3.14. The third-order valence-corrected chi connectivity index (χ3v) is 5.32. The monoisotopic (exact) mass is 378 g/mol. The summed E-state index contributed by atoms with van der Waals surface area (Å²) >= 11 is 0. The number of ether oxygens (including phenoxy) is 1. The first-order valence-electron chi connectivity index (χ1n) is 9.85. The van der Waals surface area contributed by atoms with Gasteiger partial charge in [0.25, 0.3) is 0 Å². The van der Waals surface area contributed by atoms with Crippen molar-refractivity contribution in [1.29, 1.82) is 0 Å². The predicted octanol–water partition coefficient (Wildman–Crippen LogP) is 3.92. The number of fused-ring (bicyclic) bond motifs is 1. The highest BCUT2D eigenvalue weighted by molar-refractivity contribution is 5.78. The molecular formula is C22H26N4O2. The lowest BCUT2D eigenvalue weighted by Crippen LogP contribution is -2.45. The molecule has 6 heteroatoms. The molecule has 1 atom stereocenters. The summed E-state index contributed by atoms with van der Waals surface area (Å²) in [5.41, 5.74) is 3.05. The van der Waals surface area contributed by atoms with Gasteiger partial charge in [-0.25, -0.2) is 9.78 Å². The normalized spacial score (nSPS) is 16.9. The molecule has 1 saturated heterocycles. The van der Waals surface area contributed by atoms with Gasteiger partial charge in [0.05, 0.1) is 18.3 Å². The Balaban J connectivity index is 1.73. The van der Waals surface area contributed by atoms with E-state index in [1.54, 1.807) is 7.11 Å². The van der Waals surface area contributed by atoms with Crippen LogP contribution in [0.1, 0.15) is 31.5 Å². The first kappa shape index (κ1) is 18.3. The van der Waals surface area contributed by atoms with Crippen molar-refractivity contribution in [2.75, 3.05) is 26.7 Å². The zero-order valence-corrected chi connectivity index (χ0v) is 16.4. The van der Waals surface area contributed by atoms with E-state index in [0.717, 1.165) is 47.7 Å². The van der Waals surface area contributed by atoms with Gasteiger partial charge in [0.15, 0.2) is 0 Å². The molecular weight excluding hydrogens is 352 g/mol. The number of imidazole rings is 1. The van der Waals surface area contributed by atoms with Gasteiger partial charge in [-0.1, -0.05) is 18.2 Å². The summed E-state index contributed by atoms with van der Waals surface area (Å²) in [6.07, 6.45) is 4.08. The van der Waals surface area contributed by atoms with Crippen molar-refractivity contribution < 1.29 is 9.53 Å². The molecule has 0 bridgehead atoms. The van der Waals surface area contributed by atoms with E-state index in [2.05, 4.69) is 28.0 Å². The zero-order chi connectivity index (χ0) is 19.5. The molecule has 1 N–H and O–H groups in total. The maximum absolute atomic E-state index is 12.3. The van der Waals surface area contributed by atoms with E-state index < -0.39 is 0 Å². The lowest BCUT2D eigenvalue weighted by atomic mass is 9.97. The number of hydrogen-bond acceptors (Lipinski definition) is 3. The fourth-order valence-electron chi connectivity index (χ4n) is 3.97. The highest BCUT2D eigenvalue weighted by atomic mass is 16.5. The second kappa shape index (κ2) is 7.92. The third kappa shape index (κ3) is 3.42. The molecule has 1 fully saturated rings. The van der Waals surface area contributed by atoms with Crippen LogP contribution in [0.3, 0.4) is 0 Å². The molecule has 0 aliphatic carbocycles. The number of methoxy groups -OCH3 is 1. The van der Waals surface area contributed by atoms with Crippen molar-refractivity contribution in [1.82, 2.24) is 19.6 Å². The molecule has 2 aromatic heterocycles. The van der Waals surface area contributed by atoms with Gasteiger partial charge in [-0.05, 0) is 44.0 Å². The third-order valence-electron chi connectivity index (χ3n) is 5.32. The van der Waals surface area contributed by atoms with Crippen molar-refractivity contribution in [3.63, 3.8) is 0 Å². The van der Waals surface area contributed by atoms with Crippen molar-refractivity contribution in [2.45, 2.75) is 25.7 Å². The van der Waals surface area contributed by atoms with Crippen LogP contribution in [-0.4, -0.2) is 47.1 Å². The van der Waals surface area contributed by atoms with E-state index in [1.165, 1.54) is 0 Å². The van der Waals surface area contributed by atoms with Crippen LogP contribution in [0.5, 0.6) is 5.75 Å². The summed E-state index contributed by atoms with van der Waals surface area (Å²) in [5.74, 6) is 2.05. The Morgan fingerprint density at radius 1 is 1.29 bits per heavy atom. The molecule has 28 heavy (non-hydrogen) atoms. The Labute approximate surface area is 165 Å². The number of carbonyl (C=O) groups excluding carboxylic acids is 1. The molecule has 1 aromatic carbocycles. The molecule has 0 radical (unpaired) electrons. The summed E-state index contributed by atoms with van der Waals surface area (Å²) in [6, 6.07) is 14.2. The minimum absolute atomic E-state index is 0.0149. The maximum atomic E-state index is 12.3. The van der Waals surface area contributed by atoms with Gasteiger partial charge in [-0.3, -0.25) is 0 Å². The fraction of sp³-hybridized carbons (Fsp3) is 0.364. The van der Waals surface area contributed by atoms with Crippen LogP contribution in [0.4, 0.5) is 4.79 Å². The second-order valence-corrected chi connectivity index (χ2v) is 7.13. The molecule has 1 unspecified atom stereocenters. The van der Waals surface area contributed by atoms with E-state index in [-0.39, 0.29) is 11.9 Å². The Morgan fingerprint density at radius 3 is 3.00 bits per heavy atom. The second-order valence-electron chi connectivity index (χ2n) is 7.13. The van der Waals surface area contributed by atoms with Crippen molar-refractivity contribution in [3.05, 3.63) is 54.5 Å². The number of urea groups is 1. The van der Waals surface area contributed by atoms with Gasteiger partial charge in [0, 0.05) is 37.3 Å². The average molecular weight is 378 g/mol. The largest absolute Gasteiger partial charge is 0.497 e. The minimum atomic E-state index is 0.0149. The van der Waals surface area contributed by atoms with Crippen molar-refractivity contribution in [3.8, 4) is 17.0 Å². The lowest BCUT2D eigenvalue weighted by Gasteiger charge is -2.32. The Morgan fingerprint density at radius 2 is 2.18 bits per heavy atom. The summed E-state index contributed by atoms with van der Waals surface area (Å²) in [6.45, 7) is 4.08. The van der Waals surface area contributed by atoms with Crippen LogP contribution < -0.4 is 10.1 Å². The van der Waals surface area contributed by atoms with Crippen LogP contribution in [-0.2, 0) is 0 Å². The Bertz CT molecular complexity index is 982. The van der Waals surface area contributed by atoms with Crippen LogP contribution in [0.25, 0.3) is 16.8 Å². The SMILES string of the molecule is CCNC(=O)N1CCCC(c2nc(-c3cccc(OC)c3)c3ccccn23)C1. The van der Waals surface area contributed by atoms with E-state index in [1.807, 2.05) is 42.2 Å². The number of hydrogen-bond donors (Lipinski definition) is 1. The van der Waals surface area contributed by atoms with E-state index in [9.17, 15) is 4.79 Å². The summed E-state index contributed by atoms with van der Waals surface area (Å²) in [7, 11) is 1.67. The van der Waals surface area contributed by atoms with Crippen molar-refractivity contribution in [2.24, 2.45) is 0 Å². The Kier molecular flexibility index (Phi) is 5.19. The van der Waals surface area contributed by atoms with Gasteiger partial charge in [-0.2, -0.15) is 0 Å². The molecule has 4 rings (SSSR count). The molecule has 1 aliphatic heterocycles. The van der Waals surface area contributed by atoms with Gasteiger partial charge < -0.3 is 19.4 Å². The highest BCUT2D eigenvalue weighted by Crippen LogP contribution is 2.33.